The minimum atomic E-state index is -0.196. The highest BCUT2D eigenvalue weighted by molar-refractivity contribution is 14.1. The molecule has 0 radical (unpaired) electrons. The van der Waals surface area contributed by atoms with Gasteiger partial charge in [0, 0.05) is 0 Å². The molecule has 1 unspecified atom stereocenters. The Morgan fingerprint density at radius 2 is 2.00 bits per heavy atom. The highest BCUT2D eigenvalue weighted by Crippen LogP contribution is 2.22. The maximum atomic E-state index is 5.85. The first-order chi connectivity index (χ1) is 5.52. The van der Waals surface area contributed by atoms with Crippen LogP contribution in [0.15, 0.2) is 0 Å². The van der Waals surface area contributed by atoms with Crippen LogP contribution in [0.3, 0.4) is 0 Å². The normalized spacial score (nSPS) is 13.1. The van der Waals surface area contributed by atoms with Crippen LogP contribution in [0.5, 0.6) is 0 Å². The fourth-order valence-electron chi connectivity index (χ4n) is 0.723. The van der Waals surface area contributed by atoms with Crippen molar-refractivity contribution in [2.45, 2.75) is 19.2 Å². The summed E-state index contributed by atoms with van der Waals surface area (Å²) in [6.45, 7) is 3.71. The average Bonchev–Trinajstić information content (AvgIpc) is 1.99. The van der Waals surface area contributed by atoms with Gasteiger partial charge in [-0.25, -0.2) is 9.97 Å². The second-order valence-corrected chi connectivity index (χ2v) is 4.48. The van der Waals surface area contributed by atoms with Gasteiger partial charge in [0.1, 0.15) is 11.0 Å². The molecule has 0 aliphatic carbocycles. The number of aromatic nitrogens is 2. The summed E-state index contributed by atoms with van der Waals surface area (Å²) >= 11 is 13.8. The number of aryl methyl sites for hydroxylation is 1. The minimum Gasteiger partial charge on any atom is -0.235 e. The van der Waals surface area contributed by atoms with E-state index in [-0.39, 0.29) is 5.38 Å². The van der Waals surface area contributed by atoms with E-state index in [1.165, 1.54) is 0 Å². The fourth-order valence-corrected chi connectivity index (χ4v) is 1.28. The monoisotopic (exact) mass is 316 g/mol. The standard InChI is InChI=1S/C7H7Cl2IN2/c1-3(8)7-11-4(2)5(10)6(9)12-7/h3H,1-2H3. The van der Waals surface area contributed by atoms with Crippen LogP contribution in [0.2, 0.25) is 5.15 Å². The Morgan fingerprint density at radius 1 is 1.42 bits per heavy atom. The lowest BCUT2D eigenvalue weighted by atomic mass is 10.4. The maximum absolute atomic E-state index is 5.85. The van der Waals surface area contributed by atoms with Gasteiger partial charge in [0.25, 0.3) is 0 Å². The molecule has 0 amide bonds. The molecule has 1 heterocycles. The van der Waals surface area contributed by atoms with E-state index < -0.39 is 0 Å². The van der Waals surface area contributed by atoms with Gasteiger partial charge in [-0.15, -0.1) is 11.6 Å². The molecule has 1 aromatic heterocycles. The predicted octanol–water partition coefficient (Wildman–Crippen LogP) is 3.34. The molecular formula is C7H7Cl2IN2. The zero-order chi connectivity index (χ0) is 9.30. The molecule has 1 rings (SSSR count). The Hall–Kier alpha value is 0.390. The predicted molar refractivity (Wildman–Crippen MR) is 58.8 cm³/mol. The summed E-state index contributed by atoms with van der Waals surface area (Å²) in [4.78, 5) is 8.25. The Morgan fingerprint density at radius 3 is 2.42 bits per heavy atom. The average molecular weight is 317 g/mol. The molecule has 1 aromatic rings. The third-order valence-corrected chi connectivity index (χ3v) is 3.43. The zero-order valence-corrected chi connectivity index (χ0v) is 10.3. The van der Waals surface area contributed by atoms with Gasteiger partial charge in [-0.1, -0.05) is 11.6 Å². The van der Waals surface area contributed by atoms with E-state index in [0.29, 0.717) is 11.0 Å². The molecule has 0 bridgehead atoms. The highest BCUT2D eigenvalue weighted by atomic mass is 127. The molecule has 0 spiro atoms. The number of nitrogens with zero attached hydrogens (tertiary/aromatic N) is 2. The third-order valence-electron chi connectivity index (χ3n) is 1.35. The van der Waals surface area contributed by atoms with Crippen LogP contribution in [0.25, 0.3) is 0 Å². The van der Waals surface area contributed by atoms with Gasteiger partial charge in [0.2, 0.25) is 0 Å². The van der Waals surface area contributed by atoms with Crippen LogP contribution in [-0.2, 0) is 0 Å². The van der Waals surface area contributed by atoms with Crippen LogP contribution < -0.4 is 0 Å². The first-order valence-electron chi connectivity index (χ1n) is 3.36. The van der Waals surface area contributed by atoms with Crippen molar-refractivity contribution in [3.8, 4) is 0 Å². The van der Waals surface area contributed by atoms with Crippen LogP contribution in [0, 0.1) is 10.5 Å². The fraction of sp³-hybridized carbons (Fsp3) is 0.429. The van der Waals surface area contributed by atoms with Crippen molar-refractivity contribution in [3.05, 3.63) is 20.2 Å². The van der Waals surface area contributed by atoms with Crippen LogP contribution in [0.4, 0.5) is 0 Å². The second kappa shape index (κ2) is 4.07. The SMILES string of the molecule is Cc1nc(C(C)Cl)nc(Cl)c1I. The molecule has 0 aliphatic rings. The van der Waals surface area contributed by atoms with E-state index in [4.69, 9.17) is 23.2 Å². The van der Waals surface area contributed by atoms with E-state index in [1.807, 2.05) is 13.8 Å². The summed E-state index contributed by atoms with van der Waals surface area (Å²) in [5.41, 5.74) is 0.873. The summed E-state index contributed by atoms with van der Waals surface area (Å²) in [6, 6.07) is 0. The summed E-state index contributed by atoms with van der Waals surface area (Å²) in [5, 5.41) is 0.281. The molecule has 12 heavy (non-hydrogen) atoms. The van der Waals surface area contributed by atoms with Gasteiger partial charge >= 0.3 is 0 Å². The largest absolute Gasteiger partial charge is 0.235 e. The summed E-state index contributed by atoms with van der Waals surface area (Å²) < 4.78 is 0.885. The number of alkyl halides is 1. The van der Waals surface area contributed by atoms with Crippen molar-refractivity contribution in [2.24, 2.45) is 0 Å². The molecule has 0 fully saturated rings. The van der Waals surface area contributed by atoms with Crippen LogP contribution in [0.1, 0.15) is 23.8 Å². The number of hydrogen-bond acceptors (Lipinski definition) is 2. The molecule has 2 nitrogen and oxygen atoms in total. The van der Waals surface area contributed by atoms with Gasteiger partial charge in [-0.2, -0.15) is 0 Å². The summed E-state index contributed by atoms with van der Waals surface area (Å²) in [7, 11) is 0. The minimum absolute atomic E-state index is 0.196. The van der Waals surface area contributed by atoms with Gasteiger partial charge in [-0.05, 0) is 36.4 Å². The summed E-state index contributed by atoms with van der Waals surface area (Å²) in [5.74, 6) is 0.583. The number of rotatable bonds is 1. The Kier molecular flexibility index (Phi) is 3.55. The van der Waals surface area contributed by atoms with Crippen molar-refractivity contribution < 1.29 is 0 Å². The lowest BCUT2D eigenvalue weighted by Gasteiger charge is -2.05. The van der Waals surface area contributed by atoms with E-state index >= 15 is 0 Å². The van der Waals surface area contributed by atoms with Gasteiger partial charge in [-0.3, -0.25) is 0 Å². The van der Waals surface area contributed by atoms with Crippen molar-refractivity contribution in [1.82, 2.24) is 9.97 Å². The van der Waals surface area contributed by atoms with Crippen molar-refractivity contribution in [1.29, 1.82) is 0 Å². The van der Waals surface area contributed by atoms with E-state index in [9.17, 15) is 0 Å². The third kappa shape index (κ3) is 2.20. The number of halogens is 3. The van der Waals surface area contributed by atoms with Crippen molar-refractivity contribution in [2.75, 3.05) is 0 Å². The highest BCUT2D eigenvalue weighted by Gasteiger charge is 2.10. The molecule has 66 valence electrons. The van der Waals surface area contributed by atoms with Crippen molar-refractivity contribution >= 4 is 45.8 Å². The summed E-state index contributed by atoms with van der Waals surface area (Å²) in [6.07, 6.45) is 0. The molecule has 5 heteroatoms. The number of hydrogen-bond donors (Lipinski definition) is 0. The quantitative estimate of drug-likeness (QED) is 0.451. The molecule has 0 saturated carbocycles. The van der Waals surface area contributed by atoms with Crippen LogP contribution in [-0.4, -0.2) is 9.97 Å². The molecule has 0 N–H and O–H groups in total. The van der Waals surface area contributed by atoms with Gasteiger partial charge in [0.05, 0.1) is 14.6 Å². The Balaban J connectivity index is 3.21. The van der Waals surface area contributed by atoms with Crippen LogP contribution >= 0.6 is 45.8 Å². The van der Waals surface area contributed by atoms with Crippen molar-refractivity contribution in [3.63, 3.8) is 0 Å². The van der Waals surface area contributed by atoms with Gasteiger partial charge in [0.15, 0.2) is 0 Å². The lowest BCUT2D eigenvalue weighted by Crippen LogP contribution is -2.00. The van der Waals surface area contributed by atoms with E-state index in [0.717, 1.165) is 9.26 Å². The molecule has 0 aromatic carbocycles. The molecule has 0 aliphatic heterocycles. The maximum Gasteiger partial charge on any atom is 0.147 e. The Labute approximate surface area is 94.8 Å². The van der Waals surface area contributed by atoms with E-state index in [1.54, 1.807) is 0 Å². The zero-order valence-electron chi connectivity index (χ0n) is 6.61. The first-order valence-corrected chi connectivity index (χ1v) is 5.25. The second-order valence-electron chi connectivity index (χ2n) is 2.39. The van der Waals surface area contributed by atoms with Gasteiger partial charge < -0.3 is 0 Å². The van der Waals surface area contributed by atoms with E-state index in [2.05, 4.69) is 32.6 Å². The topological polar surface area (TPSA) is 25.8 Å². The molecular weight excluding hydrogens is 310 g/mol. The Bertz CT molecular complexity index is 278. The smallest absolute Gasteiger partial charge is 0.147 e. The first kappa shape index (κ1) is 10.5. The lowest BCUT2D eigenvalue weighted by molar-refractivity contribution is 0.885. The molecule has 1 atom stereocenters. The molecule has 0 saturated heterocycles.